The molecule has 21 heavy (non-hydrogen) atoms. The molecule has 1 aromatic carbocycles. The van der Waals surface area contributed by atoms with Gasteiger partial charge in [-0.1, -0.05) is 18.3 Å². The Morgan fingerprint density at radius 1 is 1.05 bits per heavy atom. The van der Waals surface area contributed by atoms with Crippen LogP contribution in [0, 0.1) is 20.8 Å². The average molecular weight is 298 g/mol. The summed E-state index contributed by atoms with van der Waals surface area (Å²) in [5, 5.41) is 2.53. The molecule has 1 aliphatic heterocycles. The third-order valence-electron chi connectivity index (χ3n) is 3.84. The molecular weight excluding hydrogens is 284 g/mol. The van der Waals surface area contributed by atoms with Gasteiger partial charge in [0.25, 0.3) is 11.5 Å². The number of pyridine rings is 1. The van der Waals surface area contributed by atoms with Crippen molar-refractivity contribution >= 4 is 23.1 Å². The minimum absolute atomic E-state index is 0.206. The van der Waals surface area contributed by atoms with E-state index < -0.39 is 0 Å². The standard InChI is InChI=1S/C16H14N2O2S/c1-8-4-5-11(6-9(8)2)18-10(3)7-12-13(16(18)20)15(21)17-14(12)19/h4-7H,1-3H3,(H,17,19,21). The number of thiocarbonyl (C=S) groups is 1. The van der Waals surface area contributed by atoms with Gasteiger partial charge in [0.05, 0.1) is 11.1 Å². The molecule has 1 aromatic heterocycles. The number of fused-ring (bicyclic) bond motifs is 1. The number of benzene rings is 1. The Bertz CT molecular complexity index is 865. The van der Waals surface area contributed by atoms with E-state index in [0.29, 0.717) is 16.8 Å². The van der Waals surface area contributed by atoms with E-state index in [1.54, 1.807) is 10.6 Å². The van der Waals surface area contributed by atoms with Crippen LogP contribution in [0.4, 0.5) is 0 Å². The minimum Gasteiger partial charge on any atom is -0.312 e. The lowest BCUT2D eigenvalue weighted by molar-refractivity contribution is 0.0983. The fourth-order valence-electron chi connectivity index (χ4n) is 2.55. The van der Waals surface area contributed by atoms with Crippen LogP contribution in [-0.2, 0) is 0 Å². The molecule has 106 valence electrons. The molecule has 0 bridgehead atoms. The van der Waals surface area contributed by atoms with Crippen LogP contribution >= 0.6 is 12.2 Å². The van der Waals surface area contributed by atoms with Gasteiger partial charge in [0, 0.05) is 11.4 Å². The molecule has 3 rings (SSSR count). The molecule has 0 radical (unpaired) electrons. The summed E-state index contributed by atoms with van der Waals surface area (Å²) in [6, 6.07) is 7.55. The highest BCUT2D eigenvalue weighted by atomic mass is 32.1. The normalized spacial score (nSPS) is 13.3. The van der Waals surface area contributed by atoms with Crippen molar-refractivity contribution in [1.82, 2.24) is 9.88 Å². The van der Waals surface area contributed by atoms with Gasteiger partial charge in [-0.2, -0.15) is 0 Å². The van der Waals surface area contributed by atoms with Gasteiger partial charge in [-0.25, -0.2) is 0 Å². The summed E-state index contributed by atoms with van der Waals surface area (Å²) in [5.74, 6) is -0.303. The van der Waals surface area contributed by atoms with Crippen LogP contribution in [0.15, 0.2) is 29.1 Å². The summed E-state index contributed by atoms with van der Waals surface area (Å²) in [5.41, 5.74) is 4.17. The molecule has 5 heteroatoms. The number of aromatic nitrogens is 1. The number of aryl methyl sites for hydroxylation is 3. The van der Waals surface area contributed by atoms with Gasteiger partial charge in [0.15, 0.2) is 0 Å². The van der Waals surface area contributed by atoms with E-state index in [4.69, 9.17) is 12.2 Å². The molecule has 0 spiro atoms. The van der Waals surface area contributed by atoms with E-state index in [1.807, 2.05) is 39.0 Å². The molecule has 1 aliphatic rings. The van der Waals surface area contributed by atoms with Crippen LogP contribution in [0.5, 0.6) is 0 Å². The van der Waals surface area contributed by atoms with Crippen LogP contribution in [0.2, 0.25) is 0 Å². The number of carbonyl (C=O) groups is 1. The zero-order valence-electron chi connectivity index (χ0n) is 12.0. The highest BCUT2D eigenvalue weighted by molar-refractivity contribution is 7.80. The predicted molar refractivity (Wildman–Crippen MR) is 85.4 cm³/mol. The quantitative estimate of drug-likeness (QED) is 0.821. The molecule has 0 saturated carbocycles. The predicted octanol–water partition coefficient (Wildman–Crippen LogP) is 2.18. The summed E-state index contributed by atoms with van der Waals surface area (Å²) in [6.45, 7) is 5.84. The number of rotatable bonds is 1. The van der Waals surface area contributed by atoms with Crippen LogP contribution in [0.3, 0.4) is 0 Å². The lowest BCUT2D eigenvalue weighted by Gasteiger charge is -2.13. The lowest BCUT2D eigenvalue weighted by atomic mass is 10.1. The summed E-state index contributed by atoms with van der Waals surface area (Å²) in [4.78, 5) is 24.7. The van der Waals surface area contributed by atoms with E-state index in [2.05, 4.69) is 5.32 Å². The summed E-state index contributed by atoms with van der Waals surface area (Å²) in [7, 11) is 0. The van der Waals surface area contributed by atoms with Crippen molar-refractivity contribution in [2.75, 3.05) is 0 Å². The molecule has 1 amide bonds. The summed E-state index contributed by atoms with van der Waals surface area (Å²) < 4.78 is 1.60. The SMILES string of the molecule is Cc1ccc(-n2c(C)cc3c(c2=O)C(=S)NC3=O)cc1C. The second-order valence-corrected chi connectivity index (χ2v) is 5.68. The molecule has 2 aromatic rings. The molecule has 0 unspecified atom stereocenters. The Balaban J connectivity index is 2.32. The first-order valence-electron chi connectivity index (χ1n) is 6.60. The van der Waals surface area contributed by atoms with Crippen molar-refractivity contribution in [3.8, 4) is 5.69 Å². The van der Waals surface area contributed by atoms with E-state index in [1.165, 1.54) is 0 Å². The Labute approximate surface area is 127 Å². The second-order valence-electron chi connectivity index (χ2n) is 5.27. The topological polar surface area (TPSA) is 51.1 Å². The zero-order chi connectivity index (χ0) is 15.3. The Kier molecular flexibility index (Phi) is 3.02. The second kappa shape index (κ2) is 4.63. The van der Waals surface area contributed by atoms with Crippen LogP contribution in [-0.4, -0.2) is 15.5 Å². The molecule has 0 saturated heterocycles. The number of amides is 1. The number of carbonyl (C=O) groups excluding carboxylic acids is 1. The van der Waals surface area contributed by atoms with Crippen LogP contribution < -0.4 is 10.9 Å². The van der Waals surface area contributed by atoms with Gasteiger partial charge < -0.3 is 5.32 Å². The van der Waals surface area contributed by atoms with Gasteiger partial charge in [-0.05, 0) is 50.1 Å². The molecule has 0 aliphatic carbocycles. The maximum Gasteiger partial charge on any atom is 0.266 e. The molecule has 1 N–H and O–H groups in total. The highest BCUT2D eigenvalue weighted by Crippen LogP contribution is 2.19. The van der Waals surface area contributed by atoms with Crippen molar-refractivity contribution in [1.29, 1.82) is 0 Å². The molecule has 0 fully saturated rings. The average Bonchev–Trinajstić information content (AvgIpc) is 2.69. The van der Waals surface area contributed by atoms with Gasteiger partial charge in [0.1, 0.15) is 4.99 Å². The van der Waals surface area contributed by atoms with E-state index in [9.17, 15) is 9.59 Å². The van der Waals surface area contributed by atoms with Crippen molar-refractivity contribution in [3.63, 3.8) is 0 Å². The van der Waals surface area contributed by atoms with E-state index in [0.717, 1.165) is 16.8 Å². The third-order valence-corrected chi connectivity index (χ3v) is 4.15. The Morgan fingerprint density at radius 2 is 1.76 bits per heavy atom. The fourth-order valence-corrected chi connectivity index (χ4v) is 2.84. The van der Waals surface area contributed by atoms with Crippen molar-refractivity contribution < 1.29 is 4.79 Å². The van der Waals surface area contributed by atoms with Crippen molar-refractivity contribution in [2.45, 2.75) is 20.8 Å². The lowest BCUT2D eigenvalue weighted by Crippen LogP contribution is -2.27. The molecule has 4 nitrogen and oxygen atoms in total. The van der Waals surface area contributed by atoms with Gasteiger partial charge in [-0.15, -0.1) is 0 Å². The Hall–Kier alpha value is -2.27. The number of nitrogens with zero attached hydrogens (tertiary/aromatic N) is 1. The summed E-state index contributed by atoms with van der Waals surface area (Å²) >= 11 is 5.09. The Morgan fingerprint density at radius 3 is 2.43 bits per heavy atom. The monoisotopic (exact) mass is 298 g/mol. The third kappa shape index (κ3) is 2.01. The first-order chi connectivity index (χ1) is 9.90. The molecular formula is C16H14N2O2S. The van der Waals surface area contributed by atoms with Gasteiger partial charge in [0.2, 0.25) is 0 Å². The highest BCUT2D eigenvalue weighted by Gasteiger charge is 2.28. The van der Waals surface area contributed by atoms with Crippen LogP contribution in [0.25, 0.3) is 5.69 Å². The van der Waals surface area contributed by atoms with Crippen molar-refractivity contribution in [2.24, 2.45) is 0 Å². The number of nitrogens with one attached hydrogen (secondary N) is 1. The van der Waals surface area contributed by atoms with Gasteiger partial charge >= 0.3 is 0 Å². The van der Waals surface area contributed by atoms with E-state index in [-0.39, 0.29) is 16.5 Å². The first kappa shape index (κ1) is 13.7. The zero-order valence-corrected chi connectivity index (χ0v) is 12.8. The number of hydrogen-bond donors (Lipinski definition) is 1. The molecule has 0 atom stereocenters. The largest absolute Gasteiger partial charge is 0.312 e. The summed E-state index contributed by atoms with van der Waals surface area (Å²) in [6.07, 6.45) is 0. The molecule has 2 heterocycles. The maximum absolute atomic E-state index is 12.7. The fraction of sp³-hybridized carbons (Fsp3) is 0.188. The first-order valence-corrected chi connectivity index (χ1v) is 7.01. The maximum atomic E-state index is 12.7. The van der Waals surface area contributed by atoms with Crippen molar-refractivity contribution in [3.05, 3.63) is 62.6 Å². The smallest absolute Gasteiger partial charge is 0.266 e. The minimum atomic E-state index is -0.303. The van der Waals surface area contributed by atoms with E-state index >= 15 is 0 Å². The van der Waals surface area contributed by atoms with Crippen LogP contribution in [0.1, 0.15) is 32.7 Å². The number of hydrogen-bond acceptors (Lipinski definition) is 3. The van der Waals surface area contributed by atoms with Gasteiger partial charge in [-0.3, -0.25) is 14.2 Å².